The molecule has 4 nitrogen and oxygen atoms in total. The average Bonchev–Trinajstić information content (AvgIpc) is 2.78. The zero-order valence-corrected chi connectivity index (χ0v) is 17.7. The van der Waals surface area contributed by atoms with E-state index in [1.807, 2.05) is 67.6 Å². The highest BCUT2D eigenvalue weighted by molar-refractivity contribution is 6.09. The Hall–Kier alpha value is -3.40. The van der Waals surface area contributed by atoms with Crippen molar-refractivity contribution in [1.82, 2.24) is 5.32 Å². The lowest BCUT2D eigenvalue weighted by molar-refractivity contribution is -0.137. The van der Waals surface area contributed by atoms with Gasteiger partial charge in [0.05, 0.1) is 6.42 Å². The highest BCUT2D eigenvalue weighted by atomic mass is 16.4. The molecule has 0 fully saturated rings. The lowest BCUT2D eigenvalue weighted by Gasteiger charge is -2.27. The molecular formula is C27H27NO3. The summed E-state index contributed by atoms with van der Waals surface area (Å²) in [5, 5.41) is 12.9. The van der Waals surface area contributed by atoms with E-state index >= 15 is 0 Å². The third-order valence-corrected chi connectivity index (χ3v) is 6.05. The molecule has 2 N–H and O–H groups in total. The number of hydrogen-bond donors (Lipinski definition) is 2. The van der Waals surface area contributed by atoms with Crippen LogP contribution in [0.2, 0.25) is 0 Å². The Morgan fingerprint density at radius 2 is 1.77 bits per heavy atom. The first-order valence-corrected chi connectivity index (χ1v) is 10.8. The van der Waals surface area contributed by atoms with Gasteiger partial charge in [0.1, 0.15) is 0 Å². The second-order valence-corrected chi connectivity index (χ2v) is 8.35. The molecule has 0 radical (unpaired) electrons. The average molecular weight is 414 g/mol. The Morgan fingerprint density at radius 1 is 1.03 bits per heavy atom. The molecule has 1 heterocycles. The minimum absolute atomic E-state index is 0.0773. The third-order valence-electron chi connectivity index (χ3n) is 6.05. The highest BCUT2D eigenvalue weighted by Crippen LogP contribution is 2.34. The number of carbonyl (C=O) groups is 2. The summed E-state index contributed by atoms with van der Waals surface area (Å²) in [6.07, 6.45) is 7.33. The second-order valence-electron chi connectivity index (χ2n) is 8.35. The van der Waals surface area contributed by atoms with Crippen molar-refractivity contribution in [2.75, 3.05) is 0 Å². The summed E-state index contributed by atoms with van der Waals surface area (Å²) in [6, 6.07) is 17.5. The SMILES string of the molecule is Cc1ccc(C(CC(=O)O)CC2=CCC3=C(C=C(C(=O)c4ccccc4)CC3)N2)cc1. The van der Waals surface area contributed by atoms with Gasteiger partial charge in [-0.1, -0.05) is 66.2 Å². The Morgan fingerprint density at radius 3 is 2.48 bits per heavy atom. The number of aliphatic carboxylic acids is 1. The van der Waals surface area contributed by atoms with E-state index in [1.54, 1.807) is 0 Å². The molecule has 1 aliphatic carbocycles. The Balaban J connectivity index is 1.50. The number of aryl methyl sites for hydroxylation is 1. The fourth-order valence-corrected chi connectivity index (χ4v) is 4.29. The van der Waals surface area contributed by atoms with Crippen LogP contribution in [-0.4, -0.2) is 16.9 Å². The van der Waals surface area contributed by atoms with Gasteiger partial charge in [-0.15, -0.1) is 0 Å². The van der Waals surface area contributed by atoms with Gasteiger partial charge < -0.3 is 10.4 Å². The molecule has 0 aromatic heterocycles. The van der Waals surface area contributed by atoms with Gasteiger partial charge in [0.25, 0.3) is 0 Å². The number of hydrogen-bond acceptors (Lipinski definition) is 3. The maximum absolute atomic E-state index is 12.9. The first kappa shape index (κ1) is 20.9. The van der Waals surface area contributed by atoms with Gasteiger partial charge in [-0.2, -0.15) is 0 Å². The zero-order valence-electron chi connectivity index (χ0n) is 17.7. The van der Waals surface area contributed by atoms with E-state index in [-0.39, 0.29) is 18.1 Å². The number of dihydropyridines is 1. The fraction of sp³-hybridized carbons (Fsp3) is 0.259. The van der Waals surface area contributed by atoms with Crippen LogP contribution in [-0.2, 0) is 4.79 Å². The van der Waals surface area contributed by atoms with Crippen LogP contribution in [0.15, 0.2) is 89.3 Å². The van der Waals surface area contributed by atoms with Crippen LogP contribution in [0, 0.1) is 6.92 Å². The summed E-state index contributed by atoms with van der Waals surface area (Å²) in [6.45, 7) is 2.03. The zero-order chi connectivity index (χ0) is 21.8. The van der Waals surface area contributed by atoms with E-state index in [4.69, 9.17) is 0 Å². The van der Waals surface area contributed by atoms with E-state index < -0.39 is 5.97 Å². The van der Waals surface area contributed by atoms with Gasteiger partial charge in [-0.3, -0.25) is 9.59 Å². The third kappa shape index (κ3) is 5.02. The minimum atomic E-state index is -0.796. The maximum atomic E-state index is 12.9. The predicted molar refractivity (Wildman–Crippen MR) is 122 cm³/mol. The van der Waals surface area contributed by atoms with Gasteiger partial charge in [-0.25, -0.2) is 0 Å². The first-order chi connectivity index (χ1) is 15.0. The summed E-state index contributed by atoms with van der Waals surface area (Å²) in [5.41, 5.74) is 7.06. The molecule has 4 rings (SSSR count). The molecule has 2 aromatic carbocycles. The molecular weight excluding hydrogens is 386 g/mol. The first-order valence-electron chi connectivity index (χ1n) is 10.8. The molecule has 0 saturated carbocycles. The molecule has 158 valence electrons. The highest BCUT2D eigenvalue weighted by Gasteiger charge is 2.24. The summed E-state index contributed by atoms with van der Waals surface area (Å²) >= 11 is 0. The van der Waals surface area contributed by atoms with Crippen LogP contribution < -0.4 is 5.32 Å². The topological polar surface area (TPSA) is 66.4 Å². The summed E-state index contributed by atoms with van der Waals surface area (Å²) < 4.78 is 0. The number of allylic oxidation sites excluding steroid dienone is 5. The molecule has 4 heteroatoms. The fourth-order valence-electron chi connectivity index (χ4n) is 4.29. The van der Waals surface area contributed by atoms with Crippen molar-refractivity contribution < 1.29 is 14.7 Å². The van der Waals surface area contributed by atoms with Gasteiger partial charge in [0.15, 0.2) is 5.78 Å². The molecule has 2 aliphatic rings. The van der Waals surface area contributed by atoms with Crippen LogP contribution in [0.4, 0.5) is 0 Å². The Labute approximate surface area is 183 Å². The molecule has 31 heavy (non-hydrogen) atoms. The number of carboxylic acids is 1. The summed E-state index contributed by atoms with van der Waals surface area (Å²) in [5.74, 6) is -0.819. The van der Waals surface area contributed by atoms with Crippen molar-refractivity contribution in [3.8, 4) is 0 Å². The normalized spacial score (nSPS) is 16.5. The van der Waals surface area contributed by atoms with Gasteiger partial charge in [0.2, 0.25) is 0 Å². The molecule has 1 aliphatic heterocycles. The molecule has 0 spiro atoms. The number of nitrogens with one attached hydrogen (secondary N) is 1. The van der Waals surface area contributed by atoms with Crippen molar-refractivity contribution in [1.29, 1.82) is 0 Å². The van der Waals surface area contributed by atoms with Crippen molar-refractivity contribution in [3.05, 3.63) is 106 Å². The molecule has 0 bridgehead atoms. The maximum Gasteiger partial charge on any atom is 0.303 e. The van der Waals surface area contributed by atoms with E-state index in [0.717, 1.165) is 47.4 Å². The van der Waals surface area contributed by atoms with E-state index in [9.17, 15) is 14.7 Å². The van der Waals surface area contributed by atoms with Crippen LogP contribution in [0.3, 0.4) is 0 Å². The van der Waals surface area contributed by atoms with Crippen LogP contribution >= 0.6 is 0 Å². The number of carboxylic acid groups (broad SMARTS) is 1. The summed E-state index contributed by atoms with van der Waals surface area (Å²) in [7, 11) is 0. The van der Waals surface area contributed by atoms with Crippen LogP contribution in [0.25, 0.3) is 0 Å². The monoisotopic (exact) mass is 413 g/mol. The number of ketones is 1. The summed E-state index contributed by atoms with van der Waals surface area (Å²) in [4.78, 5) is 24.3. The number of benzene rings is 2. The largest absolute Gasteiger partial charge is 0.481 e. The van der Waals surface area contributed by atoms with Gasteiger partial charge in [0, 0.05) is 22.5 Å². The Bertz CT molecular complexity index is 1080. The van der Waals surface area contributed by atoms with E-state index in [1.165, 1.54) is 5.57 Å². The Kier molecular flexibility index (Phi) is 6.17. The molecule has 1 unspecified atom stereocenters. The quantitative estimate of drug-likeness (QED) is 0.573. The molecule has 1 atom stereocenters. The number of carbonyl (C=O) groups excluding carboxylic acids is 1. The standard InChI is InChI=1S/C27H27NO3/c1-18-7-9-19(10-8-18)23(17-26(29)30)15-24-14-13-20-11-12-22(16-25(20)28-24)27(31)21-5-3-2-4-6-21/h2-10,14,16,23,28H,11-13,15,17H2,1H3,(H,29,30). The number of rotatable bonds is 7. The van der Waals surface area contributed by atoms with Crippen molar-refractivity contribution in [2.45, 2.75) is 44.9 Å². The number of Topliss-reactive ketones (excluding diaryl/α,β-unsaturated/α-hetero) is 1. The molecule has 2 aromatic rings. The van der Waals surface area contributed by atoms with E-state index in [2.05, 4.69) is 11.4 Å². The van der Waals surface area contributed by atoms with Crippen molar-refractivity contribution in [3.63, 3.8) is 0 Å². The molecule has 0 amide bonds. The second kappa shape index (κ2) is 9.17. The minimum Gasteiger partial charge on any atom is -0.481 e. The lowest BCUT2D eigenvalue weighted by Crippen LogP contribution is -2.23. The lowest BCUT2D eigenvalue weighted by atomic mass is 9.86. The van der Waals surface area contributed by atoms with E-state index in [0.29, 0.717) is 12.0 Å². The van der Waals surface area contributed by atoms with Gasteiger partial charge >= 0.3 is 5.97 Å². The molecule has 0 saturated heterocycles. The van der Waals surface area contributed by atoms with Crippen molar-refractivity contribution in [2.24, 2.45) is 0 Å². The smallest absolute Gasteiger partial charge is 0.303 e. The van der Waals surface area contributed by atoms with Gasteiger partial charge in [-0.05, 0) is 55.7 Å². The van der Waals surface area contributed by atoms with Crippen LogP contribution in [0.5, 0.6) is 0 Å². The van der Waals surface area contributed by atoms with Crippen LogP contribution in [0.1, 0.15) is 59.5 Å². The predicted octanol–water partition coefficient (Wildman–Crippen LogP) is 5.68. The van der Waals surface area contributed by atoms with Crippen molar-refractivity contribution >= 4 is 11.8 Å².